The molecule has 38 heavy (non-hydrogen) atoms. The van der Waals surface area contributed by atoms with Gasteiger partial charge in [0, 0.05) is 30.5 Å². The largest absolute Gasteiger partial charge is 0.469 e. The van der Waals surface area contributed by atoms with E-state index in [9.17, 15) is 9.59 Å². The van der Waals surface area contributed by atoms with Gasteiger partial charge in [0.1, 0.15) is 12.0 Å². The van der Waals surface area contributed by atoms with Crippen molar-refractivity contribution in [1.82, 2.24) is 20.1 Å². The smallest absolute Gasteiger partial charge is 0.274 e. The maximum absolute atomic E-state index is 13.6. The molecule has 0 aliphatic heterocycles. The molecule has 0 saturated heterocycles. The molecule has 3 aromatic heterocycles. The molecule has 10 nitrogen and oxygen atoms in total. The highest BCUT2D eigenvalue weighted by molar-refractivity contribution is 6.32. The maximum atomic E-state index is 13.6. The van der Waals surface area contributed by atoms with Crippen LogP contribution in [0, 0.1) is 6.92 Å². The molecule has 1 aromatic carbocycles. The van der Waals surface area contributed by atoms with Crippen LogP contribution in [0.1, 0.15) is 39.8 Å². The second-order valence-corrected chi connectivity index (χ2v) is 9.13. The number of nitrogens with one attached hydrogen (secondary N) is 2. The number of aromatic nitrogens is 3. The molecule has 0 bridgehead atoms. The topological polar surface area (TPSA) is 121 Å². The van der Waals surface area contributed by atoms with Crippen molar-refractivity contribution in [1.29, 1.82) is 0 Å². The van der Waals surface area contributed by atoms with Crippen LogP contribution in [0.4, 0.5) is 5.69 Å². The number of ether oxygens (including phenoxy) is 2. The summed E-state index contributed by atoms with van der Waals surface area (Å²) in [4.78, 5) is 31.1. The van der Waals surface area contributed by atoms with Gasteiger partial charge in [-0.15, -0.1) is 5.10 Å². The Bertz CT molecular complexity index is 1440. The Morgan fingerprint density at radius 2 is 2.00 bits per heavy atom. The normalized spacial score (nSPS) is 11.7. The molecule has 12 heteroatoms. The third-order valence-electron chi connectivity index (χ3n) is 5.56. The van der Waals surface area contributed by atoms with Gasteiger partial charge >= 0.3 is 0 Å². The van der Waals surface area contributed by atoms with Crippen LogP contribution in [0.25, 0.3) is 5.82 Å². The van der Waals surface area contributed by atoms with E-state index in [4.69, 9.17) is 37.1 Å². The lowest BCUT2D eigenvalue weighted by molar-refractivity contribution is 0.0895. The molecule has 0 fully saturated rings. The number of methoxy groups -OCH3 is 1. The maximum Gasteiger partial charge on any atom is 0.274 e. The summed E-state index contributed by atoms with van der Waals surface area (Å²) >= 11 is 12.6. The highest BCUT2D eigenvalue weighted by Gasteiger charge is 2.24. The Balaban J connectivity index is 1.71. The molecule has 2 amide bonds. The van der Waals surface area contributed by atoms with E-state index in [1.54, 1.807) is 38.3 Å². The third kappa shape index (κ3) is 6.16. The quantitative estimate of drug-likeness (QED) is 0.257. The van der Waals surface area contributed by atoms with Gasteiger partial charge < -0.3 is 24.5 Å². The molecule has 3 heterocycles. The van der Waals surface area contributed by atoms with Crippen LogP contribution < -0.4 is 15.4 Å². The minimum absolute atomic E-state index is 0.0654. The lowest BCUT2D eigenvalue weighted by atomic mass is 10.1. The van der Waals surface area contributed by atoms with E-state index in [1.807, 2.05) is 6.92 Å². The molecule has 1 atom stereocenters. The number of hydrogen-bond donors (Lipinski definition) is 2. The van der Waals surface area contributed by atoms with Crippen LogP contribution in [0.2, 0.25) is 10.0 Å². The Morgan fingerprint density at radius 1 is 1.18 bits per heavy atom. The zero-order valence-corrected chi connectivity index (χ0v) is 22.3. The number of aryl methyl sites for hydroxylation is 1. The molecule has 4 aromatic rings. The van der Waals surface area contributed by atoms with Gasteiger partial charge in [-0.25, -0.2) is 9.67 Å². The van der Waals surface area contributed by atoms with Crippen molar-refractivity contribution in [2.24, 2.45) is 0 Å². The molecule has 198 valence electrons. The Hall–Kier alpha value is -3.86. The van der Waals surface area contributed by atoms with Crippen LogP contribution in [0.5, 0.6) is 11.6 Å². The molecular formula is C26H25Cl2N5O5. The second kappa shape index (κ2) is 12.1. The number of carbonyl (C=O) groups excluding carboxylic acids is 2. The molecule has 0 radical (unpaired) electrons. The number of hydrogen-bond acceptors (Lipinski definition) is 7. The first-order chi connectivity index (χ1) is 18.3. The second-order valence-electron chi connectivity index (χ2n) is 8.28. The van der Waals surface area contributed by atoms with Crippen LogP contribution >= 0.6 is 23.2 Å². The summed E-state index contributed by atoms with van der Waals surface area (Å²) in [6, 6.07) is 9.25. The van der Waals surface area contributed by atoms with Gasteiger partial charge in [-0.3, -0.25) is 9.59 Å². The molecular weight excluding hydrogens is 533 g/mol. The van der Waals surface area contributed by atoms with E-state index >= 15 is 0 Å². The van der Waals surface area contributed by atoms with E-state index in [1.165, 1.54) is 35.5 Å². The molecule has 0 saturated carbocycles. The van der Waals surface area contributed by atoms with Gasteiger partial charge in [0.2, 0.25) is 5.88 Å². The number of pyridine rings is 1. The van der Waals surface area contributed by atoms with Gasteiger partial charge in [0.05, 0.1) is 35.2 Å². The predicted molar refractivity (Wildman–Crippen MR) is 143 cm³/mol. The molecule has 0 aliphatic rings. The van der Waals surface area contributed by atoms with Crippen LogP contribution in [-0.4, -0.2) is 46.3 Å². The summed E-state index contributed by atoms with van der Waals surface area (Å²) in [6.45, 7) is 4.01. The highest BCUT2D eigenvalue weighted by atomic mass is 35.5. The fraction of sp³-hybridized carbons (Fsp3) is 0.231. The van der Waals surface area contributed by atoms with Crippen molar-refractivity contribution in [2.75, 3.05) is 19.0 Å². The van der Waals surface area contributed by atoms with Gasteiger partial charge in [-0.2, -0.15) is 0 Å². The van der Waals surface area contributed by atoms with Crippen molar-refractivity contribution in [3.8, 4) is 17.4 Å². The van der Waals surface area contributed by atoms with Crippen molar-refractivity contribution in [2.45, 2.75) is 26.3 Å². The minimum atomic E-state index is -0.579. The molecule has 4 rings (SSSR count). The monoisotopic (exact) mass is 557 g/mol. The predicted octanol–water partition coefficient (Wildman–Crippen LogP) is 5.67. The molecule has 2 N–H and O–H groups in total. The van der Waals surface area contributed by atoms with Gasteiger partial charge in [-0.05, 0) is 43.2 Å². The Kier molecular flexibility index (Phi) is 8.67. The zero-order chi connectivity index (χ0) is 27.2. The number of amides is 2. The first-order valence-electron chi connectivity index (χ1n) is 11.6. The standard InChI is InChI=1S/C26H25Cl2N5O5/c1-4-17(13-36-3)30-25(34)19-11-16(27)10-15(2)23(19)31-26(35)21-12-22(38-18-7-9-37-14-18)32-33(21)24-20(28)6-5-8-29-24/h5-12,14,17H,4,13H2,1-3H3,(H,30,34)(H,31,35). The Morgan fingerprint density at radius 3 is 2.68 bits per heavy atom. The summed E-state index contributed by atoms with van der Waals surface area (Å²) in [5.74, 6) is -0.264. The van der Waals surface area contributed by atoms with Gasteiger partial charge in [0.15, 0.2) is 11.6 Å². The van der Waals surface area contributed by atoms with E-state index in [0.717, 1.165) is 0 Å². The minimum Gasteiger partial charge on any atom is -0.469 e. The summed E-state index contributed by atoms with van der Waals surface area (Å²) < 4.78 is 17.2. The van der Waals surface area contributed by atoms with Crippen molar-refractivity contribution >= 4 is 40.7 Å². The number of halogens is 2. The summed E-state index contributed by atoms with van der Waals surface area (Å²) in [5, 5.41) is 10.7. The first-order valence-corrected chi connectivity index (χ1v) is 12.4. The third-order valence-corrected chi connectivity index (χ3v) is 6.07. The van der Waals surface area contributed by atoms with Crippen molar-refractivity contribution < 1.29 is 23.5 Å². The van der Waals surface area contributed by atoms with Crippen molar-refractivity contribution in [3.05, 3.63) is 82.0 Å². The summed E-state index contributed by atoms with van der Waals surface area (Å²) in [7, 11) is 1.56. The Labute approximate surface area is 228 Å². The molecule has 0 spiro atoms. The number of carbonyl (C=O) groups is 2. The number of benzene rings is 1. The van der Waals surface area contributed by atoms with Gasteiger partial charge in [-0.1, -0.05) is 30.1 Å². The van der Waals surface area contributed by atoms with E-state index < -0.39 is 11.8 Å². The average Bonchev–Trinajstić information content (AvgIpc) is 3.55. The number of anilines is 1. The first kappa shape index (κ1) is 27.2. The molecule has 1 unspecified atom stereocenters. The summed E-state index contributed by atoms with van der Waals surface area (Å²) in [6.07, 6.45) is 5.02. The van der Waals surface area contributed by atoms with E-state index in [0.29, 0.717) is 35.1 Å². The van der Waals surface area contributed by atoms with Gasteiger partial charge in [0.25, 0.3) is 11.8 Å². The number of furan rings is 1. The fourth-order valence-electron chi connectivity index (χ4n) is 3.69. The number of rotatable bonds is 10. The zero-order valence-electron chi connectivity index (χ0n) is 20.8. The number of nitrogens with zero attached hydrogens (tertiary/aromatic N) is 3. The van der Waals surface area contributed by atoms with Crippen LogP contribution in [0.3, 0.4) is 0 Å². The van der Waals surface area contributed by atoms with E-state index in [-0.39, 0.29) is 34.0 Å². The lowest BCUT2D eigenvalue weighted by Crippen LogP contribution is -2.38. The van der Waals surface area contributed by atoms with Crippen LogP contribution in [0.15, 0.2) is 59.5 Å². The molecule has 0 aliphatic carbocycles. The van der Waals surface area contributed by atoms with E-state index in [2.05, 4.69) is 20.7 Å². The van der Waals surface area contributed by atoms with Crippen LogP contribution in [-0.2, 0) is 4.74 Å². The average molecular weight is 558 g/mol. The fourth-order valence-corrected chi connectivity index (χ4v) is 4.16. The van der Waals surface area contributed by atoms with Crippen molar-refractivity contribution in [3.63, 3.8) is 0 Å². The SMILES string of the molecule is CCC(COC)NC(=O)c1cc(Cl)cc(C)c1NC(=O)c1cc(Oc2ccoc2)nn1-c1ncccc1Cl. The lowest BCUT2D eigenvalue weighted by Gasteiger charge is -2.19. The summed E-state index contributed by atoms with van der Waals surface area (Å²) in [5.41, 5.74) is 1.15. The highest BCUT2D eigenvalue weighted by Crippen LogP contribution is 2.29.